The van der Waals surface area contributed by atoms with Gasteiger partial charge in [0, 0.05) is 12.3 Å². The van der Waals surface area contributed by atoms with Crippen LogP contribution < -0.4 is 21.3 Å². The average Bonchev–Trinajstić information content (AvgIpc) is 3.40. The Morgan fingerprint density at radius 2 is 2.00 bits per heavy atom. The van der Waals surface area contributed by atoms with E-state index in [2.05, 4.69) is 10.3 Å². The van der Waals surface area contributed by atoms with Crippen molar-refractivity contribution >= 4 is 5.91 Å². The van der Waals surface area contributed by atoms with Crippen molar-refractivity contribution in [2.75, 3.05) is 7.11 Å². The topological polar surface area (TPSA) is 93.2 Å². The minimum absolute atomic E-state index is 0.0816. The molecule has 1 fully saturated rings. The maximum Gasteiger partial charge on any atom is 0.328 e. The summed E-state index contributed by atoms with van der Waals surface area (Å²) in [6.07, 6.45) is 3.45. The van der Waals surface area contributed by atoms with E-state index in [9.17, 15) is 14.4 Å². The molecule has 1 saturated carbocycles. The van der Waals surface area contributed by atoms with Crippen LogP contribution in [0.3, 0.4) is 0 Å². The van der Waals surface area contributed by atoms with E-state index in [0.717, 1.165) is 24.2 Å². The summed E-state index contributed by atoms with van der Waals surface area (Å²) < 4.78 is 6.33. The van der Waals surface area contributed by atoms with E-state index in [1.807, 2.05) is 24.3 Å². The highest BCUT2D eigenvalue weighted by Crippen LogP contribution is 2.41. The van der Waals surface area contributed by atoms with Gasteiger partial charge in [-0.3, -0.25) is 19.1 Å². The summed E-state index contributed by atoms with van der Waals surface area (Å²) in [5.41, 5.74) is -0.0590. The first-order valence-corrected chi connectivity index (χ1v) is 7.80. The Bertz CT molecular complexity index is 834. The molecule has 7 heteroatoms. The predicted octanol–water partition coefficient (Wildman–Crippen LogP) is 0.813. The first kappa shape index (κ1) is 16.0. The summed E-state index contributed by atoms with van der Waals surface area (Å²) in [5.74, 6) is 0.908. The van der Waals surface area contributed by atoms with Crippen LogP contribution >= 0.6 is 0 Å². The van der Waals surface area contributed by atoms with Crippen LogP contribution in [0, 0.1) is 5.92 Å². The molecule has 1 aromatic carbocycles. The molecule has 1 aromatic heterocycles. The molecule has 2 N–H and O–H groups in total. The first-order chi connectivity index (χ1) is 11.6. The predicted molar refractivity (Wildman–Crippen MR) is 87.9 cm³/mol. The van der Waals surface area contributed by atoms with Crippen LogP contribution in [0.25, 0.3) is 0 Å². The first-order valence-electron chi connectivity index (χ1n) is 7.80. The number of carbonyl (C=O) groups is 1. The number of nitrogens with one attached hydrogen (secondary N) is 2. The third kappa shape index (κ3) is 3.73. The molecule has 1 heterocycles. The van der Waals surface area contributed by atoms with Gasteiger partial charge < -0.3 is 10.1 Å². The number of carbonyl (C=O) groups excluding carboxylic acids is 1. The number of amides is 1. The zero-order chi connectivity index (χ0) is 17.1. The second kappa shape index (κ2) is 6.74. The Morgan fingerprint density at radius 1 is 1.29 bits per heavy atom. The molecule has 1 aliphatic rings. The number of H-pyrrole nitrogens is 1. The van der Waals surface area contributed by atoms with E-state index in [1.54, 1.807) is 7.11 Å². The SMILES string of the molecule is COc1ccc([C@H](NC(=O)Cn2ccc(=O)[nH]c2=O)C2CC2)cc1. The number of rotatable bonds is 6. The molecule has 0 saturated heterocycles. The van der Waals surface area contributed by atoms with Gasteiger partial charge in [0.15, 0.2) is 0 Å². The highest BCUT2D eigenvalue weighted by Gasteiger charge is 2.33. The Balaban J connectivity index is 1.72. The Hall–Kier alpha value is -2.83. The van der Waals surface area contributed by atoms with Gasteiger partial charge in [0.25, 0.3) is 5.56 Å². The summed E-state index contributed by atoms with van der Waals surface area (Å²) in [5, 5.41) is 2.99. The van der Waals surface area contributed by atoms with E-state index in [-0.39, 0.29) is 18.5 Å². The molecule has 1 atom stereocenters. The van der Waals surface area contributed by atoms with Crippen LogP contribution in [-0.4, -0.2) is 22.6 Å². The average molecular weight is 329 g/mol. The smallest absolute Gasteiger partial charge is 0.328 e. The standard InChI is InChI=1S/C17H19N3O4/c1-24-13-6-4-12(5-7-13)16(11-2-3-11)18-15(22)10-20-9-8-14(21)19-17(20)23/h4-9,11,16H,2-3,10H2,1H3,(H,18,22)(H,19,21,23)/t16-/m1/s1. The quantitative estimate of drug-likeness (QED) is 0.820. The van der Waals surface area contributed by atoms with Gasteiger partial charge in [0.05, 0.1) is 13.2 Å². The van der Waals surface area contributed by atoms with Crippen molar-refractivity contribution in [1.82, 2.24) is 14.9 Å². The lowest BCUT2D eigenvalue weighted by Crippen LogP contribution is -2.37. The van der Waals surface area contributed by atoms with Crippen molar-refractivity contribution in [3.05, 3.63) is 62.9 Å². The lowest BCUT2D eigenvalue weighted by molar-refractivity contribution is -0.122. The monoisotopic (exact) mass is 329 g/mol. The maximum absolute atomic E-state index is 12.3. The molecule has 0 bridgehead atoms. The molecule has 1 aliphatic carbocycles. The van der Waals surface area contributed by atoms with Gasteiger partial charge in [-0.05, 0) is 36.5 Å². The number of hydrogen-bond acceptors (Lipinski definition) is 4. The zero-order valence-corrected chi connectivity index (χ0v) is 13.3. The number of aromatic amines is 1. The van der Waals surface area contributed by atoms with Gasteiger partial charge in [-0.1, -0.05) is 12.1 Å². The molecule has 7 nitrogen and oxygen atoms in total. The Labute approximate surface area is 138 Å². The highest BCUT2D eigenvalue weighted by molar-refractivity contribution is 5.76. The fraction of sp³-hybridized carbons (Fsp3) is 0.353. The van der Waals surface area contributed by atoms with E-state index < -0.39 is 11.2 Å². The number of methoxy groups -OCH3 is 1. The number of aromatic nitrogens is 2. The second-order valence-corrected chi connectivity index (χ2v) is 5.89. The molecule has 0 spiro atoms. The van der Waals surface area contributed by atoms with Gasteiger partial charge in [-0.15, -0.1) is 0 Å². The minimum atomic E-state index is -0.593. The van der Waals surface area contributed by atoms with E-state index in [1.165, 1.54) is 16.8 Å². The van der Waals surface area contributed by atoms with Gasteiger partial charge in [-0.25, -0.2) is 4.79 Å². The third-order valence-corrected chi connectivity index (χ3v) is 4.10. The summed E-state index contributed by atoms with van der Waals surface area (Å²) in [6.45, 7) is -0.130. The van der Waals surface area contributed by atoms with Crippen LogP contribution in [0.4, 0.5) is 0 Å². The van der Waals surface area contributed by atoms with Crippen LogP contribution in [0.2, 0.25) is 0 Å². The lowest BCUT2D eigenvalue weighted by atomic mass is 10.0. The fourth-order valence-corrected chi connectivity index (χ4v) is 2.66. The highest BCUT2D eigenvalue weighted by atomic mass is 16.5. The Morgan fingerprint density at radius 3 is 2.58 bits per heavy atom. The van der Waals surface area contributed by atoms with Gasteiger partial charge in [0.1, 0.15) is 12.3 Å². The molecular formula is C17H19N3O4. The molecular weight excluding hydrogens is 310 g/mol. The van der Waals surface area contributed by atoms with Gasteiger partial charge in [0.2, 0.25) is 5.91 Å². The van der Waals surface area contributed by atoms with Gasteiger partial charge in [-0.2, -0.15) is 0 Å². The minimum Gasteiger partial charge on any atom is -0.497 e. The van der Waals surface area contributed by atoms with Crippen molar-refractivity contribution in [3.63, 3.8) is 0 Å². The van der Waals surface area contributed by atoms with E-state index in [4.69, 9.17) is 4.74 Å². The summed E-state index contributed by atoms with van der Waals surface area (Å²) in [7, 11) is 1.61. The molecule has 0 radical (unpaired) electrons. The van der Waals surface area contributed by atoms with Crippen LogP contribution in [0.1, 0.15) is 24.4 Å². The number of hydrogen-bond donors (Lipinski definition) is 2. The molecule has 24 heavy (non-hydrogen) atoms. The molecule has 3 rings (SSSR count). The number of nitrogens with zero attached hydrogens (tertiary/aromatic N) is 1. The number of benzene rings is 1. The molecule has 2 aromatic rings. The number of ether oxygens (including phenoxy) is 1. The summed E-state index contributed by atoms with van der Waals surface area (Å²) in [6, 6.07) is 8.74. The van der Waals surface area contributed by atoms with Crippen LogP contribution in [0.15, 0.2) is 46.1 Å². The largest absolute Gasteiger partial charge is 0.497 e. The van der Waals surface area contributed by atoms with Crippen LogP contribution in [-0.2, 0) is 11.3 Å². The van der Waals surface area contributed by atoms with Crippen molar-refractivity contribution < 1.29 is 9.53 Å². The summed E-state index contributed by atoms with van der Waals surface area (Å²) >= 11 is 0. The van der Waals surface area contributed by atoms with E-state index in [0.29, 0.717) is 5.92 Å². The summed E-state index contributed by atoms with van der Waals surface area (Å²) in [4.78, 5) is 37.2. The van der Waals surface area contributed by atoms with Crippen molar-refractivity contribution in [2.24, 2.45) is 5.92 Å². The van der Waals surface area contributed by atoms with Crippen LogP contribution in [0.5, 0.6) is 5.75 Å². The third-order valence-electron chi connectivity index (χ3n) is 4.10. The lowest BCUT2D eigenvalue weighted by Gasteiger charge is -2.19. The zero-order valence-electron chi connectivity index (χ0n) is 13.3. The Kier molecular flexibility index (Phi) is 4.50. The van der Waals surface area contributed by atoms with Crippen molar-refractivity contribution in [1.29, 1.82) is 0 Å². The normalized spacial score (nSPS) is 14.9. The van der Waals surface area contributed by atoms with Gasteiger partial charge >= 0.3 is 5.69 Å². The molecule has 0 unspecified atom stereocenters. The maximum atomic E-state index is 12.3. The second-order valence-electron chi connectivity index (χ2n) is 5.89. The van der Waals surface area contributed by atoms with E-state index >= 15 is 0 Å². The fourth-order valence-electron chi connectivity index (χ4n) is 2.66. The molecule has 126 valence electrons. The molecule has 0 aliphatic heterocycles. The van der Waals surface area contributed by atoms with Crippen molar-refractivity contribution in [3.8, 4) is 5.75 Å². The molecule has 1 amide bonds. The van der Waals surface area contributed by atoms with Crippen molar-refractivity contribution in [2.45, 2.75) is 25.4 Å².